The highest BCUT2D eigenvalue weighted by molar-refractivity contribution is 9.10. The molecule has 0 unspecified atom stereocenters. The van der Waals surface area contributed by atoms with Crippen molar-refractivity contribution in [2.45, 2.75) is 64.7 Å². The Bertz CT molecular complexity index is 778. The standard InChI is InChI=1S/C22H27BrOS/c1-2-3-4-5-6-7-8-9-10-19-12-18-11-16-14-21(24)20(23)13-17(16)15-22(18)25-19/h11-15,24H,2-10H2,1H3. The minimum absolute atomic E-state index is 0.307. The van der Waals surface area contributed by atoms with E-state index in [0.717, 1.165) is 9.86 Å². The van der Waals surface area contributed by atoms with Crippen LogP contribution in [0.1, 0.15) is 63.2 Å². The second kappa shape index (κ2) is 9.05. The van der Waals surface area contributed by atoms with Crippen molar-refractivity contribution in [3.05, 3.63) is 39.7 Å². The minimum Gasteiger partial charge on any atom is -0.507 e. The van der Waals surface area contributed by atoms with Crippen molar-refractivity contribution >= 4 is 48.1 Å². The maximum atomic E-state index is 9.88. The molecule has 0 aliphatic carbocycles. The van der Waals surface area contributed by atoms with Crippen molar-refractivity contribution < 1.29 is 5.11 Å². The number of aromatic hydroxyl groups is 1. The zero-order valence-electron chi connectivity index (χ0n) is 15.0. The van der Waals surface area contributed by atoms with E-state index < -0.39 is 0 Å². The molecule has 25 heavy (non-hydrogen) atoms. The summed E-state index contributed by atoms with van der Waals surface area (Å²) in [7, 11) is 0. The Morgan fingerprint density at radius 2 is 1.48 bits per heavy atom. The molecule has 0 radical (unpaired) electrons. The molecule has 1 aromatic heterocycles. The van der Waals surface area contributed by atoms with Crippen LogP contribution in [0.4, 0.5) is 0 Å². The van der Waals surface area contributed by atoms with Gasteiger partial charge in [0.15, 0.2) is 0 Å². The molecular formula is C22H27BrOS. The lowest BCUT2D eigenvalue weighted by Crippen LogP contribution is -1.83. The van der Waals surface area contributed by atoms with Crippen molar-refractivity contribution in [1.29, 1.82) is 0 Å². The number of phenols is 1. The first-order chi connectivity index (χ1) is 12.2. The fourth-order valence-electron chi connectivity index (χ4n) is 3.41. The quantitative estimate of drug-likeness (QED) is 0.347. The Hall–Kier alpha value is -1.06. The summed E-state index contributed by atoms with van der Waals surface area (Å²) < 4.78 is 2.11. The van der Waals surface area contributed by atoms with E-state index in [1.807, 2.05) is 23.5 Å². The van der Waals surface area contributed by atoms with Crippen LogP contribution in [0.5, 0.6) is 5.75 Å². The van der Waals surface area contributed by atoms with Gasteiger partial charge in [-0.25, -0.2) is 0 Å². The number of phenolic OH excluding ortho intramolecular Hbond substituents is 1. The van der Waals surface area contributed by atoms with E-state index in [4.69, 9.17) is 0 Å². The fourth-order valence-corrected chi connectivity index (χ4v) is 4.91. The largest absolute Gasteiger partial charge is 0.507 e. The van der Waals surface area contributed by atoms with Gasteiger partial charge in [0, 0.05) is 9.58 Å². The molecule has 1 heterocycles. The summed E-state index contributed by atoms with van der Waals surface area (Å²) in [5.41, 5.74) is 0. The second-order valence-corrected chi connectivity index (χ2v) is 9.00. The van der Waals surface area contributed by atoms with Crippen LogP contribution in [0.15, 0.2) is 34.8 Å². The fraction of sp³-hybridized carbons (Fsp3) is 0.455. The molecule has 0 aliphatic rings. The van der Waals surface area contributed by atoms with Crippen molar-refractivity contribution in [2.75, 3.05) is 0 Å². The van der Waals surface area contributed by atoms with Gasteiger partial charge in [0.2, 0.25) is 0 Å². The summed E-state index contributed by atoms with van der Waals surface area (Å²) in [6.45, 7) is 2.27. The van der Waals surface area contributed by atoms with Crippen LogP contribution in [0.3, 0.4) is 0 Å². The molecule has 1 nitrogen and oxygen atoms in total. The van der Waals surface area contributed by atoms with Crippen LogP contribution in [-0.4, -0.2) is 5.11 Å². The van der Waals surface area contributed by atoms with E-state index in [2.05, 4.69) is 41.1 Å². The molecule has 0 amide bonds. The predicted octanol–water partition coefficient (Wildman–Crippen LogP) is 8.21. The third kappa shape index (κ3) is 4.98. The highest BCUT2D eigenvalue weighted by Gasteiger charge is 2.07. The number of halogens is 1. The second-order valence-electron chi connectivity index (χ2n) is 6.98. The normalized spacial score (nSPS) is 11.6. The van der Waals surface area contributed by atoms with E-state index in [1.54, 1.807) is 0 Å². The van der Waals surface area contributed by atoms with Gasteiger partial charge in [-0.2, -0.15) is 0 Å². The van der Waals surface area contributed by atoms with Gasteiger partial charge in [-0.05, 0) is 75.3 Å². The molecule has 0 atom stereocenters. The summed E-state index contributed by atoms with van der Waals surface area (Å²) in [5.74, 6) is 0.307. The van der Waals surface area contributed by atoms with Gasteiger partial charge in [-0.15, -0.1) is 11.3 Å². The molecular weight excluding hydrogens is 392 g/mol. The molecule has 2 aromatic carbocycles. The lowest BCUT2D eigenvalue weighted by Gasteiger charge is -2.02. The number of hydrogen-bond acceptors (Lipinski definition) is 2. The van der Waals surface area contributed by atoms with Gasteiger partial charge >= 0.3 is 0 Å². The van der Waals surface area contributed by atoms with Crippen LogP contribution >= 0.6 is 27.3 Å². The van der Waals surface area contributed by atoms with Crippen LogP contribution in [-0.2, 0) is 6.42 Å². The zero-order valence-corrected chi connectivity index (χ0v) is 17.4. The number of hydrogen-bond donors (Lipinski definition) is 1. The molecule has 3 aromatic rings. The lowest BCUT2D eigenvalue weighted by molar-refractivity contribution is 0.473. The monoisotopic (exact) mass is 418 g/mol. The van der Waals surface area contributed by atoms with E-state index in [0.29, 0.717) is 5.75 Å². The first-order valence-electron chi connectivity index (χ1n) is 9.52. The predicted molar refractivity (Wildman–Crippen MR) is 115 cm³/mol. The molecule has 0 aliphatic heterocycles. The molecule has 0 bridgehead atoms. The Balaban J connectivity index is 1.57. The zero-order chi connectivity index (χ0) is 17.6. The SMILES string of the molecule is CCCCCCCCCCc1cc2cc3cc(O)c(Br)cc3cc2s1. The van der Waals surface area contributed by atoms with Gasteiger partial charge in [0.1, 0.15) is 5.75 Å². The Morgan fingerprint density at radius 3 is 2.24 bits per heavy atom. The van der Waals surface area contributed by atoms with Crippen LogP contribution < -0.4 is 0 Å². The number of thiophene rings is 1. The maximum Gasteiger partial charge on any atom is 0.130 e. The smallest absolute Gasteiger partial charge is 0.130 e. The van der Waals surface area contributed by atoms with Gasteiger partial charge < -0.3 is 5.11 Å². The average molecular weight is 419 g/mol. The molecule has 0 fully saturated rings. The minimum atomic E-state index is 0.307. The van der Waals surface area contributed by atoms with Crippen LogP contribution in [0.2, 0.25) is 0 Å². The summed E-state index contributed by atoms with van der Waals surface area (Å²) in [6, 6.07) is 10.6. The summed E-state index contributed by atoms with van der Waals surface area (Å²) in [4.78, 5) is 1.49. The van der Waals surface area contributed by atoms with Crippen molar-refractivity contribution in [2.24, 2.45) is 0 Å². The third-order valence-corrected chi connectivity index (χ3v) is 6.66. The third-order valence-electron chi connectivity index (χ3n) is 4.87. The van der Waals surface area contributed by atoms with Gasteiger partial charge in [0.05, 0.1) is 4.47 Å². The number of unbranched alkanes of at least 4 members (excludes halogenated alkanes) is 7. The topological polar surface area (TPSA) is 20.2 Å². The Labute approximate surface area is 163 Å². The molecule has 3 rings (SSSR count). The van der Waals surface area contributed by atoms with Crippen molar-refractivity contribution in [3.8, 4) is 5.75 Å². The van der Waals surface area contributed by atoms with E-state index in [9.17, 15) is 5.11 Å². The molecule has 0 saturated heterocycles. The molecule has 0 saturated carbocycles. The highest BCUT2D eigenvalue weighted by atomic mass is 79.9. The number of fused-ring (bicyclic) bond motifs is 2. The van der Waals surface area contributed by atoms with Crippen molar-refractivity contribution in [1.82, 2.24) is 0 Å². The van der Waals surface area contributed by atoms with Gasteiger partial charge in [-0.1, -0.05) is 51.9 Å². The van der Waals surface area contributed by atoms with Crippen LogP contribution in [0.25, 0.3) is 20.9 Å². The van der Waals surface area contributed by atoms with Crippen LogP contribution in [0, 0.1) is 0 Å². The van der Waals surface area contributed by atoms with E-state index >= 15 is 0 Å². The average Bonchev–Trinajstić information content (AvgIpc) is 2.98. The Morgan fingerprint density at radius 1 is 0.800 bits per heavy atom. The first-order valence-corrected chi connectivity index (χ1v) is 11.1. The number of benzene rings is 2. The highest BCUT2D eigenvalue weighted by Crippen LogP contribution is 2.35. The number of aryl methyl sites for hydroxylation is 1. The molecule has 3 heteroatoms. The molecule has 134 valence electrons. The summed E-state index contributed by atoms with van der Waals surface area (Å²) in [5, 5.41) is 13.5. The summed E-state index contributed by atoms with van der Waals surface area (Å²) in [6.07, 6.45) is 12.2. The van der Waals surface area contributed by atoms with Gasteiger partial charge in [0.25, 0.3) is 0 Å². The molecule has 1 N–H and O–H groups in total. The van der Waals surface area contributed by atoms with Crippen molar-refractivity contribution in [3.63, 3.8) is 0 Å². The first kappa shape index (κ1) is 18.7. The number of rotatable bonds is 9. The van der Waals surface area contributed by atoms with E-state index in [1.165, 1.54) is 78.1 Å². The lowest BCUT2D eigenvalue weighted by atomic mass is 10.1. The van der Waals surface area contributed by atoms with E-state index in [-0.39, 0.29) is 0 Å². The van der Waals surface area contributed by atoms with Gasteiger partial charge in [-0.3, -0.25) is 0 Å². The maximum absolute atomic E-state index is 9.88. The summed E-state index contributed by atoms with van der Waals surface area (Å²) >= 11 is 5.33. The molecule has 0 spiro atoms. The Kier molecular flexibility index (Phi) is 6.77.